The maximum absolute atomic E-state index is 13.4. The number of benzene rings is 1. The molecule has 0 saturated heterocycles. The summed E-state index contributed by atoms with van der Waals surface area (Å²) in [5, 5.41) is 2.78. The second-order valence-corrected chi connectivity index (χ2v) is 12.0. The molecule has 2 aliphatic rings. The molecular weight excluding hydrogens is 602 g/mol. The Bertz CT molecular complexity index is 1580. The van der Waals surface area contributed by atoms with Gasteiger partial charge in [0.25, 0.3) is 5.91 Å². The first-order valence-corrected chi connectivity index (χ1v) is 15.7. The zero-order valence-electron chi connectivity index (χ0n) is 27.1. The van der Waals surface area contributed by atoms with Gasteiger partial charge >= 0.3 is 11.9 Å². The van der Waals surface area contributed by atoms with Crippen molar-refractivity contribution in [3.8, 4) is 0 Å². The van der Waals surface area contributed by atoms with E-state index in [2.05, 4.69) is 10.3 Å². The van der Waals surface area contributed by atoms with Gasteiger partial charge in [-0.3, -0.25) is 19.2 Å². The highest BCUT2D eigenvalue weighted by Gasteiger charge is 2.33. The van der Waals surface area contributed by atoms with E-state index in [-0.39, 0.29) is 73.2 Å². The summed E-state index contributed by atoms with van der Waals surface area (Å²) in [6, 6.07) is 9.13. The highest BCUT2D eigenvalue weighted by atomic mass is 16.5. The summed E-state index contributed by atoms with van der Waals surface area (Å²) in [7, 11) is 0. The van der Waals surface area contributed by atoms with E-state index in [1.54, 1.807) is 37.3 Å². The molecule has 1 N–H and O–H groups in total. The smallest absolute Gasteiger partial charge is 0.355 e. The van der Waals surface area contributed by atoms with Gasteiger partial charge in [0.2, 0.25) is 11.8 Å². The molecule has 0 radical (unpaired) electrons. The first-order valence-electron chi connectivity index (χ1n) is 15.7. The molecule has 0 aliphatic carbocycles. The number of fused-ring (bicyclic) bond motifs is 3. The van der Waals surface area contributed by atoms with Gasteiger partial charge in [-0.25, -0.2) is 9.78 Å². The molecule has 0 unspecified atom stereocenters. The molecule has 0 spiro atoms. The molecule has 11 heteroatoms. The van der Waals surface area contributed by atoms with Crippen LogP contribution in [0.3, 0.4) is 0 Å². The number of ketones is 1. The number of oxazole rings is 1. The van der Waals surface area contributed by atoms with Crippen molar-refractivity contribution < 1.29 is 37.9 Å². The number of aromatic nitrogens is 1. The van der Waals surface area contributed by atoms with Gasteiger partial charge in [0.05, 0.1) is 12.8 Å². The molecule has 1 aromatic heterocycles. The third-order valence-electron chi connectivity index (χ3n) is 7.65. The van der Waals surface area contributed by atoms with Gasteiger partial charge in [0.15, 0.2) is 5.69 Å². The van der Waals surface area contributed by atoms with Gasteiger partial charge in [-0.1, -0.05) is 81.0 Å². The zero-order chi connectivity index (χ0) is 33.9. The van der Waals surface area contributed by atoms with Gasteiger partial charge in [0.1, 0.15) is 30.0 Å². The van der Waals surface area contributed by atoms with E-state index in [1.807, 2.05) is 51.1 Å². The average Bonchev–Trinajstić information content (AvgIpc) is 3.70. The average molecular weight is 644 g/mol. The molecule has 11 nitrogen and oxygen atoms in total. The van der Waals surface area contributed by atoms with Crippen molar-refractivity contribution in [3.05, 3.63) is 101 Å². The Kier molecular flexibility index (Phi) is 12.2. The Morgan fingerprint density at radius 1 is 1.13 bits per heavy atom. The minimum atomic E-state index is -0.878. The van der Waals surface area contributed by atoms with Crippen LogP contribution >= 0.6 is 0 Å². The first-order chi connectivity index (χ1) is 22.5. The third kappa shape index (κ3) is 10.2. The Hall–Kier alpha value is -5.06. The molecule has 0 fully saturated rings. The Balaban J connectivity index is 1.58. The molecule has 2 amide bonds. The van der Waals surface area contributed by atoms with E-state index in [1.165, 1.54) is 11.0 Å². The van der Waals surface area contributed by atoms with Crippen LogP contribution in [0, 0.1) is 11.8 Å². The van der Waals surface area contributed by atoms with Crippen molar-refractivity contribution >= 4 is 29.5 Å². The maximum Gasteiger partial charge on any atom is 0.355 e. The molecule has 47 heavy (non-hydrogen) atoms. The summed E-state index contributed by atoms with van der Waals surface area (Å²) >= 11 is 0. The number of Topliss-reactive ketones (excluding diaryl/α,β-unsaturated/α-hetero) is 1. The van der Waals surface area contributed by atoms with Crippen LogP contribution in [0.1, 0.15) is 62.5 Å². The van der Waals surface area contributed by atoms with E-state index < -0.39 is 30.1 Å². The number of carbonyl (C=O) groups excluding carboxylic acids is 5. The van der Waals surface area contributed by atoms with E-state index in [4.69, 9.17) is 13.9 Å². The Labute approximate surface area is 274 Å². The Morgan fingerprint density at radius 2 is 1.89 bits per heavy atom. The molecule has 248 valence electrons. The van der Waals surface area contributed by atoms with E-state index in [9.17, 15) is 24.0 Å². The summed E-state index contributed by atoms with van der Waals surface area (Å²) in [4.78, 5) is 70.6. The number of amides is 2. The van der Waals surface area contributed by atoms with Crippen LogP contribution in [0.15, 0.2) is 88.7 Å². The zero-order valence-corrected chi connectivity index (χ0v) is 27.1. The molecule has 4 rings (SSSR count). The van der Waals surface area contributed by atoms with Gasteiger partial charge < -0.3 is 24.1 Å². The SMILES string of the molecule is CC1=C\[C@@H](OC(=O)Cc2ccccc2)CC(=O)Cc2nc(co2)C(=O)N2CCC=C2C(=O)O[C@H](C(C)C)[C@H](C)/C=C/C(=O)NC\C=C\1. The molecule has 0 saturated carbocycles. The number of carbonyl (C=O) groups is 5. The number of nitrogens with zero attached hydrogens (tertiary/aromatic N) is 2. The predicted octanol–water partition coefficient (Wildman–Crippen LogP) is 4.45. The van der Waals surface area contributed by atoms with Crippen LogP contribution in [-0.4, -0.2) is 64.7 Å². The van der Waals surface area contributed by atoms with Crippen LogP contribution in [-0.2, 0) is 41.5 Å². The van der Waals surface area contributed by atoms with Crippen LogP contribution in [0.4, 0.5) is 0 Å². The number of allylic oxidation sites excluding steroid dienone is 2. The predicted molar refractivity (Wildman–Crippen MR) is 173 cm³/mol. The van der Waals surface area contributed by atoms with Crippen LogP contribution in [0.2, 0.25) is 0 Å². The van der Waals surface area contributed by atoms with Crippen molar-refractivity contribution in [3.63, 3.8) is 0 Å². The summed E-state index contributed by atoms with van der Waals surface area (Å²) in [6.45, 7) is 7.95. The lowest BCUT2D eigenvalue weighted by Crippen LogP contribution is -2.36. The third-order valence-corrected chi connectivity index (χ3v) is 7.65. The van der Waals surface area contributed by atoms with Crippen molar-refractivity contribution in [2.45, 2.75) is 65.6 Å². The van der Waals surface area contributed by atoms with E-state index in [0.29, 0.717) is 12.0 Å². The van der Waals surface area contributed by atoms with Gasteiger partial charge in [-0.05, 0) is 37.0 Å². The molecule has 2 bridgehead atoms. The van der Waals surface area contributed by atoms with Gasteiger partial charge in [0, 0.05) is 25.4 Å². The lowest BCUT2D eigenvalue weighted by Gasteiger charge is -2.27. The lowest BCUT2D eigenvalue weighted by atomic mass is 9.94. The molecular formula is C36H41N3O8. The van der Waals surface area contributed by atoms with Crippen LogP contribution in [0.5, 0.6) is 0 Å². The number of hydrogen-bond acceptors (Lipinski definition) is 9. The maximum atomic E-state index is 13.4. The second-order valence-electron chi connectivity index (χ2n) is 12.0. The van der Waals surface area contributed by atoms with Crippen LogP contribution < -0.4 is 5.32 Å². The summed E-state index contributed by atoms with van der Waals surface area (Å²) < 4.78 is 17.0. The normalized spacial score (nSPS) is 24.4. The van der Waals surface area contributed by atoms with Crippen molar-refractivity contribution in [2.24, 2.45) is 11.8 Å². The number of cyclic esters (lactones) is 1. The quantitative estimate of drug-likeness (QED) is 0.478. The summed E-state index contributed by atoms with van der Waals surface area (Å²) in [5.41, 5.74) is 1.54. The van der Waals surface area contributed by atoms with Crippen LogP contribution in [0.25, 0.3) is 0 Å². The summed E-state index contributed by atoms with van der Waals surface area (Å²) in [6.07, 6.45) is 9.72. The molecule has 2 aliphatic heterocycles. The van der Waals surface area contributed by atoms with Crippen molar-refractivity contribution in [1.29, 1.82) is 0 Å². The Morgan fingerprint density at radius 3 is 2.64 bits per heavy atom. The van der Waals surface area contributed by atoms with Crippen molar-refractivity contribution in [2.75, 3.05) is 13.1 Å². The second kappa shape index (κ2) is 16.5. The highest BCUT2D eigenvalue weighted by Crippen LogP contribution is 2.24. The standard InChI is InChI=1S/C36H41N3O8/c1-23(2)34-25(4)14-15-31(41)37-16-8-10-24(3)18-28(46-33(42)19-26-11-6-5-7-12-26)20-27(40)21-32-38-29(22-45-32)35(43)39-17-9-13-30(39)36(44)47-34/h5-8,10-15,18,22-23,25,28,34H,9,16-17,19-21H2,1-4H3,(H,37,41)/b10-8+,15-14+,24-18+/t25-,28-,34-/m1/s1. The fraction of sp³-hybridized carbons (Fsp3) is 0.389. The minimum Gasteiger partial charge on any atom is -0.457 e. The highest BCUT2D eigenvalue weighted by molar-refractivity contribution is 6.00. The van der Waals surface area contributed by atoms with Crippen molar-refractivity contribution in [1.82, 2.24) is 15.2 Å². The lowest BCUT2D eigenvalue weighted by molar-refractivity contribution is -0.150. The van der Waals surface area contributed by atoms with Gasteiger partial charge in [-0.2, -0.15) is 0 Å². The van der Waals surface area contributed by atoms with Gasteiger partial charge in [-0.15, -0.1) is 0 Å². The number of hydrogen-bond donors (Lipinski definition) is 1. The van der Waals surface area contributed by atoms with E-state index >= 15 is 0 Å². The largest absolute Gasteiger partial charge is 0.457 e. The minimum absolute atomic E-state index is 0.0234. The molecule has 2 aromatic rings. The monoisotopic (exact) mass is 643 g/mol. The number of rotatable bonds is 4. The number of esters is 2. The summed E-state index contributed by atoms with van der Waals surface area (Å²) in [5.74, 6) is -2.71. The fourth-order valence-corrected chi connectivity index (χ4v) is 5.36. The topological polar surface area (TPSA) is 145 Å². The first kappa shape index (κ1) is 34.8. The number of nitrogens with one attached hydrogen (secondary N) is 1. The molecule has 3 heterocycles. The molecule has 1 aromatic carbocycles. The fourth-order valence-electron chi connectivity index (χ4n) is 5.36. The number of ether oxygens (including phenoxy) is 2. The van der Waals surface area contributed by atoms with E-state index in [0.717, 1.165) is 11.8 Å². The molecule has 3 atom stereocenters.